The fraction of sp³-hybridized carbons (Fsp3) is 1.00. The van der Waals surface area contributed by atoms with Crippen molar-refractivity contribution in [1.82, 2.24) is 0 Å². The highest BCUT2D eigenvalue weighted by atomic mass is 19.0. The normalized spacial score (nSPS) is 8.40. The van der Waals surface area contributed by atoms with E-state index in [0.29, 0.717) is 0 Å². The molecule has 0 bridgehead atoms. The molecular formula is C12H29F3. The molecule has 0 radical (unpaired) electrons. The molecule has 0 spiro atoms. The standard InChI is InChI=1S/C12H26.3FH/c1-3-5-7-9-11-12-10-8-6-4-2;;;/h3-12H2,1-2H3;3*1H. The average molecular weight is 230 g/mol. The van der Waals surface area contributed by atoms with Gasteiger partial charge in [-0.2, -0.15) is 0 Å². The summed E-state index contributed by atoms with van der Waals surface area (Å²) in [6.07, 6.45) is 14.4. The number of halogens is 3. The molecule has 3 heteroatoms. The Morgan fingerprint density at radius 2 is 0.600 bits per heavy atom. The van der Waals surface area contributed by atoms with Gasteiger partial charge in [-0.25, -0.2) is 0 Å². The zero-order valence-corrected chi connectivity index (χ0v) is 10.3. The third-order valence-electron chi connectivity index (χ3n) is 2.46. The first kappa shape index (κ1) is 24.2. The van der Waals surface area contributed by atoms with E-state index in [9.17, 15) is 0 Å². The second-order valence-corrected chi connectivity index (χ2v) is 3.83. The van der Waals surface area contributed by atoms with Gasteiger partial charge in [-0.3, -0.25) is 14.1 Å². The van der Waals surface area contributed by atoms with Crippen LogP contribution in [-0.4, -0.2) is 0 Å². The fourth-order valence-corrected chi connectivity index (χ4v) is 1.56. The van der Waals surface area contributed by atoms with Crippen molar-refractivity contribution in [3.63, 3.8) is 0 Å². The topological polar surface area (TPSA) is 0 Å². The van der Waals surface area contributed by atoms with Crippen LogP contribution in [0.3, 0.4) is 0 Å². The highest BCUT2D eigenvalue weighted by Crippen LogP contribution is 2.09. The minimum atomic E-state index is 0. The van der Waals surface area contributed by atoms with Gasteiger partial charge in [0.25, 0.3) is 0 Å². The van der Waals surface area contributed by atoms with Crippen LogP contribution in [-0.2, 0) is 0 Å². The lowest BCUT2D eigenvalue weighted by Crippen LogP contribution is -1.80. The number of hydrogen-bond donors (Lipinski definition) is 0. The van der Waals surface area contributed by atoms with Crippen molar-refractivity contribution >= 4 is 0 Å². The van der Waals surface area contributed by atoms with Crippen LogP contribution < -0.4 is 0 Å². The van der Waals surface area contributed by atoms with Gasteiger partial charge in [0.1, 0.15) is 0 Å². The Hall–Kier alpha value is -0.210. The molecule has 98 valence electrons. The summed E-state index contributed by atoms with van der Waals surface area (Å²) >= 11 is 0. The largest absolute Gasteiger partial charge is 0.269 e. The van der Waals surface area contributed by atoms with Crippen molar-refractivity contribution in [2.75, 3.05) is 0 Å². The number of unbranched alkanes of at least 4 members (excludes halogenated alkanes) is 9. The van der Waals surface area contributed by atoms with Crippen molar-refractivity contribution in [3.8, 4) is 0 Å². The van der Waals surface area contributed by atoms with E-state index in [0.717, 1.165) is 0 Å². The molecule has 0 heterocycles. The minimum Gasteiger partial charge on any atom is -0.269 e. The van der Waals surface area contributed by atoms with Crippen LogP contribution in [0.2, 0.25) is 0 Å². The van der Waals surface area contributed by atoms with Gasteiger partial charge in [0, 0.05) is 0 Å². The minimum absolute atomic E-state index is 0. The predicted molar refractivity (Wildman–Crippen MR) is 65.0 cm³/mol. The van der Waals surface area contributed by atoms with E-state index in [4.69, 9.17) is 0 Å². The monoisotopic (exact) mass is 230 g/mol. The van der Waals surface area contributed by atoms with E-state index < -0.39 is 0 Å². The van der Waals surface area contributed by atoms with E-state index in [-0.39, 0.29) is 14.1 Å². The Kier molecular flexibility index (Phi) is 37.9. The molecule has 0 atom stereocenters. The van der Waals surface area contributed by atoms with E-state index in [1.54, 1.807) is 0 Å². The lowest BCUT2D eigenvalue weighted by Gasteiger charge is -1.99. The second-order valence-electron chi connectivity index (χ2n) is 3.83. The van der Waals surface area contributed by atoms with Gasteiger partial charge >= 0.3 is 0 Å². The molecule has 0 amide bonds. The number of hydrogen-bond acceptors (Lipinski definition) is 0. The Labute approximate surface area is 92.9 Å². The summed E-state index contributed by atoms with van der Waals surface area (Å²) in [5, 5.41) is 0. The Morgan fingerprint density at radius 3 is 0.800 bits per heavy atom. The first-order valence-electron chi connectivity index (χ1n) is 5.91. The molecule has 0 saturated carbocycles. The second kappa shape index (κ2) is 23.5. The van der Waals surface area contributed by atoms with Crippen molar-refractivity contribution in [2.45, 2.75) is 78.1 Å². The number of rotatable bonds is 9. The summed E-state index contributed by atoms with van der Waals surface area (Å²) in [7, 11) is 0. The van der Waals surface area contributed by atoms with Gasteiger partial charge in [0.05, 0.1) is 0 Å². The van der Waals surface area contributed by atoms with Crippen LogP contribution in [0, 0.1) is 0 Å². The van der Waals surface area contributed by atoms with Gasteiger partial charge in [0.15, 0.2) is 0 Å². The first-order chi connectivity index (χ1) is 5.91. The summed E-state index contributed by atoms with van der Waals surface area (Å²) in [4.78, 5) is 0. The van der Waals surface area contributed by atoms with Crippen LogP contribution in [0.5, 0.6) is 0 Å². The summed E-state index contributed by atoms with van der Waals surface area (Å²) < 4.78 is 0. The highest BCUT2D eigenvalue weighted by molar-refractivity contribution is 4.45. The van der Waals surface area contributed by atoms with E-state index in [2.05, 4.69) is 13.8 Å². The molecule has 0 saturated heterocycles. The third kappa shape index (κ3) is 24.8. The Bertz CT molecular complexity index is 67.3. The van der Waals surface area contributed by atoms with Crippen molar-refractivity contribution in [1.29, 1.82) is 0 Å². The average Bonchev–Trinajstić information content (AvgIpc) is 2.10. The lowest BCUT2D eigenvalue weighted by molar-refractivity contribution is 0.562. The molecule has 0 N–H and O–H groups in total. The Morgan fingerprint density at radius 1 is 0.400 bits per heavy atom. The Balaban J connectivity index is -0.000000202. The van der Waals surface area contributed by atoms with Crippen LogP contribution in [0.25, 0.3) is 0 Å². The summed E-state index contributed by atoms with van der Waals surface area (Å²) in [6, 6.07) is 0. The molecule has 0 unspecified atom stereocenters. The van der Waals surface area contributed by atoms with E-state index in [1.807, 2.05) is 0 Å². The first-order valence-corrected chi connectivity index (χ1v) is 5.91. The summed E-state index contributed by atoms with van der Waals surface area (Å²) in [6.45, 7) is 4.56. The van der Waals surface area contributed by atoms with Gasteiger partial charge in [0.2, 0.25) is 0 Å². The molecular weight excluding hydrogens is 201 g/mol. The van der Waals surface area contributed by atoms with Crippen LogP contribution in [0.15, 0.2) is 0 Å². The molecule has 0 rings (SSSR count). The van der Waals surface area contributed by atoms with E-state index >= 15 is 0 Å². The summed E-state index contributed by atoms with van der Waals surface area (Å²) in [5.41, 5.74) is 0. The quantitative estimate of drug-likeness (QED) is 0.466. The van der Waals surface area contributed by atoms with Crippen LogP contribution in [0.1, 0.15) is 78.1 Å². The molecule has 0 aliphatic rings. The van der Waals surface area contributed by atoms with Gasteiger partial charge in [-0.1, -0.05) is 78.1 Å². The summed E-state index contributed by atoms with van der Waals surface area (Å²) in [5.74, 6) is 0. The fourth-order valence-electron chi connectivity index (χ4n) is 1.56. The smallest absolute Gasteiger partial charge is 0.0533 e. The van der Waals surface area contributed by atoms with Crippen molar-refractivity contribution in [2.24, 2.45) is 0 Å². The molecule has 0 aliphatic carbocycles. The molecule has 0 fully saturated rings. The zero-order chi connectivity index (χ0) is 9.07. The molecule has 0 aromatic carbocycles. The van der Waals surface area contributed by atoms with Crippen LogP contribution in [0.4, 0.5) is 14.1 Å². The van der Waals surface area contributed by atoms with Crippen molar-refractivity contribution in [3.05, 3.63) is 0 Å². The highest BCUT2D eigenvalue weighted by Gasteiger charge is 1.90. The molecule has 0 aromatic heterocycles. The zero-order valence-electron chi connectivity index (χ0n) is 10.3. The maximum atomic E-state index is 2.28. The molecule has 15 heavy (non-hydrogen) atoms. The molecule has 0 aromatic rings. The van der Waals surface area contributed by atoms with Crippen molar-refractivity contribution < 1.29 is 14.1 Å². The van der Waals surface area contributed by atoms with Gasteiger partial charge < -0.3 is 0 Å². The third-order valence-corrected chi connectivity index (χ3v) is 2.46. The predicted octanol–water partition coefficient (Wildman–Crippen LogP) is 5.38. The van der Waals surface area contributed by atoms with E-state index in [1.165, 1.54) is 64.2 Å². The molecule has 0 nitrogen and oxygen atoms in total. The molecule has 0 aliphatic heterocycles. The van der Waals surface area contributed by atoms with Gasteiger partial charge in [-0.15, -0.1) is 0 Å². The van der Waals surface area contributed by atoms with Crippen LogP contribution >= 0.6 is 0 Å². The SMILES string of the molecule is CCCCCCCCCCCC.F.F.F. The lowest BCUT2D eigenvalue weighted by atomic mass is 10.1. The maximum absolute atomic E-state index is 2.28. The maximum Gasteiger partial charge on any atom is -0.0533 e. The van der Waals surface area contributed by atoms with Gasteiger partial charge in [-0.05, 0) is 0 Å².